The molecule has 1 N–H and O–H groups in total. The Hall–Kier alpha value is -3.33. The molecule has 0 spiro atoms. The number of hydrogen-bond acceptors (Lipinski definition) is 7. The summed E-state index contributed by atoms with van der Waals surface area (Å²) in [6, 6.07) is 27.4. The second-order valence-electron chi connectivity index (χ2n) is 8.02. The number of ether oxygens (including phenoxy) is 1. The van der Waals surface area contributed by atoms with Gasteiger partial charge >= 0.3 is 0 Å². The third-order valence-corrected chi connectivity index (χ3v) is 7.45. The molecule has 6 nitrogen and oxygen atoms in total. The van der Waals surface area contributed by atoms with Crippen molar-refractivity contribution in [3.05, 3.63) is 106 Å². The van der Waals surface area contributed by atoms with Gasteiger partial charge in [0.2, 0.25) is 17.3 Å². The number of nitrogens with one attached hydrogen (secondary N) is 1. The van der Waals surface area contributed by atoms with Crippen LogP contribution in [0.25, 0.3) is 22.6 Å². The van der Waals surface area contributed by atoms with E-state index in [1.54, 1.807) is 0 Å². The average Bonchev–Trinajstić information content (AvgIpc) is 3.33. The number of halogens is 2. The summed E-state index contributed by atoms with van der Waals surface area (Å²) in [6.45, 7) is 0. The highest BCUT2D eigenvalue weighted by molar-refractivity contribution is 9.10. The summed E-state index contributed by atoms with van der Waals surface area (Å²) in [6.07, 6.45) is -0.602. The van der Waals surface area contributed by atoms with E-state index in [4.69, 9.17) is 25.7 Å². The maximum atomic E-state index is 6.34. The van der Waals surface area contributed by atoms with E-state index in [1.807, 2.05) is 84.9 Å². The highest BCUT2D eigenvalue weighted by atomic mass is 79.9. The van der Waals surface area contributed by atoms with Gasteiger partial charge < -0.3 is 14.5 Å². The fourth-order valence-corrected chi connectivity index (χ4v) is 5.19. The summed E-state index contributed by atoms with van der Waals surface area (Å²) in [5.74, 6) is 2.38. The molecule has 0 bridgehead atoms. The van der Waals surface area contributed by atoms with Gasteiger partial charge in [-0.3, -0.25) is 0 Å². The minimum Gasteiger partial charge on any atom is -0.455 e. The highest BCUT2D eigenvalue weighted by Crippen LogP contribution is 2.40. The molecule has 1 atom stereocenters. The van der Waals surface area contributed by atoms with Crippen LogP contribution in [0, 0.1) is 0 Å². The van der Waals surface area contributed by atoms with Gasteiger partial charge in [-0.25, -0.2) is 0 Å². The predicted molar refractivity (Wildman–Crippen MR) is 145 cm³/mol. The quantitative estimate of drug-likeness (QED) is 0.212. The van der Waals surface area contributed by atoms with Gasteiger partial charge in [0.25, 0.3) is 0 Å². The molecule has 3 heterocycles. The van der Waals surface area contributed by atoms with Crippen LogP contribution in [0.1, 0.15) is 17.6 Å². The second kappa shape index (κ2) is 9.97. The zero-order valence-electron chi connectivity index (χ0n) is 18.7. The lowest BCUT2D eigenvalue weighted by Crippen LogP contribution is -2.16. The molecule has 5 aromatic rings. The van der Waals surface area contributed by atoms with Crippen LogP contribution in [0.2, 0.25) is 5.02 Å². The number of hydrogen-bond donors (Lipinski definition) is 1. The topological polar surface area (TPSA) is 73.1 Å². The van der Waals surface area contributed by atoms with E-state index in [0.29, 0.717) is 33.3 Å². The molecule has 0 radical (unpaired) electrons. The molecule has 178 valence electrons. The van der Waals surface area contributed by atoms with Crippen LogP contribution < -0.4 is 10.1 Å². The van der Waals surface area contributed by atoms with E-state index in [0.717, 1.165) is 32.6 Å². The van der Waals surface area contributed by atoms with Crippen molar-refractivity contribution in [2.24, 2.45) is 0 Å². The number of furan rings is 1. The number of rotatable bonds is 5. The number of thioether (sulfide) groups is 1. The normalized spacial score (nSPS) is 14.2. The molecule has 1 aliphatic heterocycles. The molecule has 0 amide bonds. The maximum Gasteiger partial charge on any atom is 0.247 e. The van der Waals surface area contributed by atoms with Crippen LogP contribution in [0.15, 0.2) is 99.0 Å². The van der Waals surface area contributed by atoms with Gasteiger partial charge in [0.05, 0.1) is 0 Å². The van der Waals surface area contributed by atoms with Crippen LogP contribution in [-0.4, -0.2) is 15.2 Å². The molecule has 0 aliphatic carbocycles. The summed E-state index contributed by atoms with van der Waals surface area (Å²) in [4.78, 5) is 4.70. The summed E-state index contributed by atoms with van der Waals surface area (Å²) >= 11 is 11.2. The molecule has 0 fully saturated rings. The molecular weight excluding hydrogens is 560 g/mol. The first-order valence-electron chi connectivity index (χ1n) is 11.1. The Balaban J connectivity index is 1.32. The van der Waals surface area contributed by atoms with E-state index in [9.17, 15) is 0 Å². The summed E-state index contributed by atoms with van der Waals surface area (Å²) in [7, 11) is 0. The Bertz CT molecular complexity index is 1540. The third-order valence-electron chi connectivity index (χ3n) is 5.66. The van der Waals surface area contributed by atoms with Crippen LogP contribution in [0.4, 0.5) is 5.69 Å². The van der Waals surface area contributed by atoms with E-state index in [-0.39, 0.29) is 0 Å². The molecule has 0 saturated heterocycles. The molecule has 0 unspecified atom stereocenters. The van der Waals surface area contributed by atoms with E-state index >= 15 is 0 Å². The number of nitrogens with zero attached hydrogens (tertiary/aromatic N) is 3. The zero-order valence-corrected chi connectivity index (χ0v) is 21.8. The molecule has 0 saturated carbocycles. The average molecular weight is 578 g/mol. The van der Waals surface area contributed by atoms with Crippen molar-refractivity contribution in [3.63, 3.8) is 0 Å². The summed E-state index contributed by atoms with van der Waals surface area (Å²) in [5.41, 5.74) is 4.26. The predicted octanol–water partition coefficient (Wildman–Crippen LogP) is 8.01. The first kappa shape index (κ1) is 23.1. The molecular formula is C27H18BrClN4O2S. The van der Waals surface area contributed by atoms with Crippen molar-refractivity contribution in [1.29, 1.82) is 0 Å². The fraction of sp³-hybridized carbons (Fsp3) is 0.0741. The maximum absolute atomic E-state index is 6.34. The lowest BCUT2D eigenvalue weighted by atomic mass is 10.1. The van der Waals surface area contributed by atoms with Gasteiger partial charge in [-0.15, -0.1) is 10.2 Å². The number of aromatic nitrogens is 3. The SMILES string of the molecule is Clc1ccccc1CSc1nnc2c(n1)O[C@@H](c1ccc(-c3ccc(Br)cc3)o1)Nc1ccccc1-2. The number of benzene rings is 3. The Kier molecular flexibility index (Phi) is 6.39. The van der Waals surface area contributed by atoms with E-state index in [2.05, 4.69) is 31.4 Å². The smallest absolute Gasteiger partial charge is 0.247 e. The second-order valence-corrected chi connectivity index (χ2v) is 10.3. The van der Waals surface area contributed by atoms with E-state index < -0.39 is 6.23 Å². The van der Waals surface area contributed by atoms with Gasteiger partial charge in [-0.05, 0) is 42.0 Å². The summed E-state index contributed by atoms with van der Waals surface area (Å²) in [5, 5.41) is 13.5. The molecule has 6 rings (SSSR count). The Morgan fingerprint density at radius 1 is 0.917 bits per heavy atom. The highest BCUT2D eigenvalue weighted by Gasteiger charge is 2.28. The zero-order chi connectivity index (χ0) is 24.5. The minimum atomic E-state index is -0.602. The lowest BCUT2D eigenvalue weighted by molar-refractivity contribution is 0.196. The van der Waals surface area contributed by atoms with Crippen molar-refractivity contribution in [3.8, 4) is 28.5 Å². The van der Waals surface area contributed by atoms with Crippen LogP contribution in [-0.2, 0) is 5.75 Å². The molecule has 36 heavy (non-hydrogen) atoms. The Morgan fingerprint density at radius 3 is 2.58 bits per heavy atom. The molecule has 3 aromatic carbocycles. The van der Waals surface area contributed by atoms with Crippen LogP contribution in [0.5, 0.6) is 5.88 Å². The van der Waals surface area contributed by atoms with Crippen molar-refractivity contribution in [1.82, 2.24) is 15.2 Å². The number of para-hydroxylation sites is 1. The van der Waals surface area contributed by atoms with Crippen molar-refractivity contribution >= 4 is 45.0 Å². The fourth-order valence-electron chi connectivity index (χ4n) is 3.86. The number of anilines is 1. The van der Waals surface area contributed by atoms with Gasteiger partial charge in [0.1, 0.15) is 5.76 Å². The number of fused-ring (bicyclic) bond motifs is 3. The monoisotopic (exact) mass is 576 g/mol. The van der Waals surface area contributed by atoms with E-state index in [1.165, 1.54) is 11.8 Å². The van der Waals surface area contributed by atoms with Gasteiger partial charge in [-0.1, -0.05) is 87.8 Å². The largest absolute Gasteiger partial charge is 0.455 e. The Labute approximate surface area is 225 Å². The Morgan fingerprint density at radius 2 is 1.72 bits per heavy atom. The lowest BCUT2D eigenvalue weighted by Gasteiger charge is -2.16. The van der Waals surface area contributed by atoms with Crippen molar-refractivity contribution < 1.29 is 9.15 Å². The van der Waals surface area contributed by atoms with Gasteiger partial charge in [-0.2, -0.15) is 4.98 Å². The summed E-state index contributed by atoms with van der Waals surface area (Å²) < 4.78 is 13.6. The first-order chi connectivity index (χ1) is 17.6. The standard InChI is InChI=1S/C27H18BrClN4O2S/c28-18-11-9-16(10-12-18)22-13-14-23(34-22)25-30-21-8-4-2-6-19(21)24-26(35-25)31-27(33-32-24)36-15-17-5-1-3-7-20(17)29/h1-14,25,30H,15H2/t25-/m0/s1. The van der Waals surface area contributed by atoms with Crippen molar-refractivity contribution in [2.75, 3.05) is 5.32 Å². The van der Waals surface area contributed by atoms with Gasteiger partial charge in [0.15, 0.2) is 11.5 Å². The van der Waals surface area contributed by atoms with Crippen LogP contribution in [0.3, 0.4) is 0 Å². The minimum absolute atomic E-state index is 0.385. The van der Waals surface area contributed by atoms with Crippen LogP contribution >= 0.6 is 39.3 Å². The molecule has 9 heteroatoms. The first-order valence-corrected chi connectivity index (χ1v) is 13.3. The molecule has 2 aromatic heterocycles. The third kappa shape index (κ3) is 4.72. The van der Waals surface area contributed by atoms with Gasteiger partial charge in [0, 0.05) is 32.1 Å². The molecule has 1 aliphatic rings. The van der Waals surface area contributed by atoms with Crippen molar-refractivity contribution in [2.45, 2.75) is 17.1 Å².